The molecule has 0 unspecified atom stereocenters. The number of carbonyl (C=O) groups excluding carboxylic acids is 1. The number of piperidine rings is 1. The molecule has 3 heteroatoms. The molecule has 0 aromatic heterocycles. The van der Waals surface area contributed by atoms with E-state index in [1.807, 2.05) is 18.2 Å². The molecule has 2 N–H and O–H groups in total. The monoisotopic (exact) mass is 378 g/mol. The van der Waals surface area contributed by atoms with Gasteiger partial charge in [-0.25, -0.2) is 0 Å². The quantitative estimate of drug-likeness (QED) is 0.756. The highest BCUT2D eigenvalue weighted by molar-refractivity contribution is 5.97. The Labute approximate surface area is 169 Å². The lowest BCUT2D eigenvalue weighted by Gasteiger charge is -2.33. The van der Waals surface area contributed by atoms with Crippen molar-refractivity contribution < 1.29 is 4.79 Å². The average molecular weight is 379 g/mol. The fourth-order valence-electron chi connectivity index (χ4n) is 4.06. The first-order valence-electron chi connectivity index (χ1n) is 10.5. The Balaban J connectivity index is 1.48. The summed E-state index contributed by atoms with van der Waals surface area (Å²) in [5.74, 6) is 0.441. The van der Waals surface area contributed by atoms with Gasteiger partial charge in [-0.1, -0.05) is 75.4 Å². The molecule has 1 atom stereocenters. The van der Waals surface area contributed by atoms with E-state index < -0.39 is 0 Å². The Morgan fingerprint density at radius 1 is 1.04 bits per heavy atom. The first-order chi connectivity index (χ1) is 13.3. The molecule has 0 aliphatic carbocycles. The minimum atomic E-state index is 0.116. The zero-order valence-electron chi connectivity index (χ0n) is 17.5. The van der Waals surface area contributed by atoms with Crippen LogP contribution in [0.4, 0.5) is 0 Å². The fourth-order valence-corrected chi connectivity index (χ4v) is 4.06. The normalized spacial score (nSPS) is 17.4. The smallest absolute Gasteiger partial charge is 0.166 e. The van der Waals surface area contributed by atoms with Gasteiger partial charge in [-0.05, 0) is 48.9 Å². The highest BCUT2D eigenvalue weighted by Gasteiger charge is 2.26. The average Bonchev–Trinajstić information content (AvgIpc) is 2.68. The third kappa shape index (κ3) is 5.52. The maximum atomic E-state index is 12.9. The molecule has 1 fully saturated rings. The van der Waals surface area contributed by atoms with Crippen molar-refractivity contribution in [2.45, 2.75) is 51.5 Å². The van der Waals surface area contributed by atoms with Gasteiger partial charge in [-0.2, -0.15) is 0 Å². The molecule has 2 aromatic carbocycles. The molecule has 28 heavy (non-hydrogen) atoms. The number of hydrogen-bond acceptors (Lipinski definition) is 3. The maximum absolute atomic E-state index is 12.9. The predicted octanol–water partition coefficient (Wildman–Crippen LogP) is 4.45. The third-order valence-electron chi connectivity index (χ3n) is 5.83. The second-order valence-corrected chi connectivity index (χ2v) is 9.22. The van der Waals surface area contributed by atoms with Gasteiger partial charge in [0.2, 0.25) is 0 Å². The molecule has 3 rings (SSSR count). The number of nitrogens with zero attached hydrogens (tertiary/aromatic N) is 1. The zero-order chi connectivity index (χ0) is 20.1. The van der Waals surface area contributed by atoms with Crippen LogP contribution in [0.1, 0.15) is 55.1 Å². The van der Waals surface area contributed by atoms with Gasteiger partial charge in [0.25, 0.3) is 0 Å². The van der Waals surface area contributed by atoms with E-state index in [-0.39, 0.29) is 17.4 Å². The summed E-state index contributed by atoms with van der Waals surface area (Å²) in [6.07, 6.45) is 2.76. The Hall–Kier alpha value is -1.97. The largest absolute Gasteiger partial charge is 0.326 e. The lowest BCUT2D eigenvalue weighted by atomic mass is 9.84. The van der Waals surface area contributed by atoms with Crippen molar-refractivity contribution in [3.63, 3.8) is 0 Å². The van der Waals surface area contributed by atoms with E-state index in [1.54, 1.807) is 0 Å². The van der Waals surface area contributed by atoms with Crippen LogP contribution < -0.4 is 5.73 Å². The third-order valence-corrected chi connectivity index (χ3v) is 5.83. The van der Waals surface area contributed by atoms with E-state index in [2.05, 4.69) is 62.1 Å². The SMILES string of the molecule is CC(C)(C)c1ccc(C(=O)C2CCN(C[C@@H](N)Cc3ccccc3)CC2)cc1. The van der Waals surface area contributed by atoms with Gasteiger partial charge in [0, 0.05) is 24.1 Å². The molecular weight excluding hydrogens is 344 g/mol. The van der Waals surface area contributed by atoms with Gasteiger partial charge < -0.3 is 10.6 Å². The second kappa shape index (κ2) is 9.02. The van der Waals surface area contributed by atoms with E-state index >= 15 is 0 Å². The summed E-state index contributed by atoms with van der Waals surface area (Å²) in [5.41, 5.74) is 9.89. The topological polar surface area (TPSA) is 46.3 Å². The van der Waals surface area contributed by atoms with Crippen LogP contribution in [0.3, 0.4) is 0 Å². The first kappa shape index (κ1) is 20.8. The molecule has 1 aliphatic rings. The van der Waals surface area contributed by atoms with Crippen molar-refractivity contribution >= 4 is 5.78 Å². The second-order valence-electron chi connectivity index (χ2n) is 9.22. The lowest BCUT2D eigenvalue weighted by molar-refractivity contribution is 0.0836. The maximum Gasteiger partial charge on any atom is 0.166 e. The number of carbonyl (C=O) groups is 1. The van der Waals surface area contributed by atoms with Gasteiger partial charge >= 0.3 is 0 Å². The van der Waals surface area contributed by atoms with E-state index in [0.717, 1.165) is 44.5 Å². The standard InChI is InChI=1S/C25H34N2O/c1-25(2,3)22-11-9-20(10-12-22)24(28)21-13-15-27(16-14-21)18-23(26)17-19-7-5-4-6-8-19/h4-12,21,23H,13-18,26H2,1-3H3/t23-/m0/s1. The number of ketones is 1. The summed E-state index contributed by atoms with van der Waals surface area (Å²) in [7, 11) is 0. The Bertz CT molecular complexity index is 753. The van der Waals surface area contributed by atoms with Crippen LogP contribution >= 0.6 is 0 Å². The molecule has 0 saturated carbocycles. The van der Waals surface area contributed by atoms with Gasteiger partial charge in [0.1, 0.15) is 0 Å². The van der Waals surface area contributed by atoms with Gasteiger partial charge in [-0.3, -0.25) is 4.79 Å². The van der Waals surface area contributed by atoms with Crippen molar-refractivity contribution in [2.24, 2.45) is 11.7 Å². The van der Waals surface area contributed by atoms with E-state index in [9.17, 15) is 4.79 Å². The predicted molar refractivity (Wildman–Crippen MR) is 117 cm³/mol. The molecular formula is C25H34N2O. The first-order valence-corrected chi connectivity index (χ1v) is 10.5. The van der Waals surface area contributed by atoms with Crippen LogP contribution in [0.5, 0.6) is 0 Å². The van der Waals surface area contributed by atoms with E-state index in [1.165, 1.54) is 11.1 Å². The van der Waals surface area contributed by atoms with Crippen LogP contribution in [0.25, 0.3) is 0 Å². The summed E-state index contributed by atoms with van der Waals surface area (Å²) in [4.78, 5) is 15.3. The van der Waals surface area contributed by atoms with Gasteiger partial charge in [0.15, 0.2) is 5.78 Å². The van der Waals surface area contributed by atoms with E-state index in [4.69, 9.17) is 5.73 Å². The summed E-state index contributed by atoms with van der Waals surface area (Å²) >= 11 is 0. The molecule has 150 valence electrons. The van der Waals surface area contributed by atoms with Crippen molar-refractivity contribution in [3.05, 3.63) is 71.3 Å². The van der Waals surface area contributed by atoms with Crippen LogP contribution in [-0.4, -0.2) is 36.4 Å². The molecule has 1 heterocycles. The molecule has 1 saturated heterocycles. The number of rotatable bonds is 6. The lowest BCUT2D eigenvalue weighted by Crippen LogP contribution is -2.43. The van der Waals surface area contributed by atoms with Crippen LogP contribution in [0.2, 0.25) is 0 Å². The van der Waals surface area contributed by atoms with E-state index in [0.29, 0.717) is 5.78 Å². The molecule has 1 aliphatic heterocycles. The van der Waals surface area contributed by atoms with Crippen molar-refractivity contribution in [2.75, 3.05) is 19.6 Å². The van der Waals surface area contributed by atoms with Crippen LogP contribution in [0, 0.1) is 5.92 Å². The van der Waals surface area contributed by atoms with Crippen LogP contribution in [-0.2, 0) is 11.8 Å². The van der Waals surface area contributed by atoms with Crippen LogP contribution in [0.15, 0.2) is 54.6 Å². The number of Topliss-reactive ketones (excluding diaryl/α,β-unsaturated/α-hetero) is 1. The summed E-state index contributed by atoms with van der Waals surface area (Å²) in [6.45, 7) is 9.40. The number of benzene rings is 2. The number of hydrogen-bond donors (Lipinski definition) is 1. The summed E-state index contributed by atoms with van der Waals surface area (Å²) < 4.78 is 0. The number of nitrogens with two attached hydrogens (primary N) is 1. The Morgan fingerprint density at radius 3 is 2.21 bits per heavy atom. The summed E-state index contributed by atoms with van der Waals surface area (Å²) in [5, 5.41) is 0. The van der Waals surface area contributed by atoms with Gasteiger partial charge in [-0.15, -0.1) is 0 Å². The molecule has 2 aromatic rings. The van der Waals surface area contributed by atoms with Crippen molar-refractivity contribution in [1.29, 1.82) is 0 Å². The van der Waals surface area contributed by atoms with Crippen molar-refractivity contribution in [1.82, 2.24) is 4.90 Å². The highest BCUT2D eigenvalue weighted by Crippen LogP contribution is 2.25. The molecule has 0 amide bonds. The van der Waals surface area contributed by atoms with Crippen molar-refractivity contribution in [3.8, 4) is 0 Å². The molecule has 0 bridgehead atoms. The fraction of sp³-hybridized carbons (Fsp3) is 0.480. The molecule has 0 radical (unpaired) electrons. The summed E-state index contributed by atoms with van der Waals surface area (Å²) in [6, 6.07) is 18.8. The number of likely N-dealkylation sites (tertiary alicyclic amines) is 1. The minimum absolute atomic E-state index is 0.116. The van der Waals surface area contributed by atoms with Gasteiger partial charge in [0.05, 0.1) is 0 Å². The highest BCUT2D eigenvalue weighted by atomic mass is 16.1. The molecule has 0 spiro atoms. The molecule has 3 nitrogen and oxygen atoms in total. The Morgan fingerprint density at radius 2 is 1.64 bits per heavy atom. The minimum Gasteiger partial charge on any atom is -0.326 e. The Kier molecular flexibility index (Phi) is 6.69. The zero-order valence-corrected chi connectivity index (χ0v) is 17.5.